The molecule has 1 aliphatic heterocycles. The molecule has 2 atom stereocenters. The van der Waals surface area contributed by atoms with Gasteiger partial charge in [-0.15, -0.1) is 11.3 Å². The molecule has 5 nitrogen and oxygen atoms in total. The van der Waals surface area contributed by atoms with Crippen molar-refractivity contribution in [2.45, 2.75) is 71.2 Å². The molecular weight excluding hydrogens is 320 g/mol. The first-order valence-electron chi connectivity index (χ1n) is 8.79. The molecule has 24 heavy (non-hydrogen) atoms. The van der Waals surface area contributed by atoms with Crippen LogP contribution in [0.2, 0.25) is 0 Å². The monoisotopic (exact) mass is 348 g/mol. The molecule has 1 fully saturated rings. The predicted molar refractivity (Wildman–Crippen MR) is 97.3 cm³/mol. The molecule has 1 aliphatic rings. The van der Waals surface area contributed by atoms with Crippen molar-refractivity contribution in [3.8, 4) is 0 Å². The van der Waals surface area contributed by atoms with Gasteiger partial charge >= 0.3 is 0 Å². The summed E-state index contributed by atoms with van der Waals surface area (Å²) in [5.74, 6) is 0. The number of nitrogens with zero attached hydrogens (tertiary/aromatic N) is 3. The van der Waals surface area contributed by atoms with Gasteiger partial charge in [0.05, 0.1) is 16.9 Å². The number of nitrogens with one attached hydrogen (secondary N) is 1. The summed E-state index contributed by atoms with van der Waals surface area (Å²) in [4.78, 5) is 4.78. The SMILES string of the molecule is CCn1cc([C@H]2OCCC[C@@H]2NCc2csc(C(C)(C)C)n2)cn1. The van der Waals surface area contributed by atoms with Crippen LogP contribution in [-0.4, -0.2) is 27.4 Å². The van der Waals surface area contributed by atoms with Gasteiger partial charge in [-0.2, -0.15) is 5.10 Å². The minimum Gasteiger partial charge on any atom is -0.372 e. The molecule has 0 saturated carbocycles. The van der Waals surface area contributed by atoms with Gasteiger partial charge in [-0.1, -0.05) is 20.8 Å². The standard InChI is InChI=1S/C18H28N4OS/c1-5-22-11-13(9-20-22)16-15(7-6-8-23-16)19-10-14-12-24-17(21-14)18(2,3)4/h9,11-12,15-16,19H,5-8,10H2,1-4H3/t15-,16+/m0/s1. The quantitative estimate of drug-likeness (QED) is 0.896. The van der Waals surface area contributed by atoms with E-state index < -0.39 is 0 Å². The molecule has 0 aromatic carbocycles. The van der Waals surface area contributed by atoms with E-state index in [1.165, 1.54) is 10.6 Å². The van der Waals surface area contributed by atoms with Gasteiger partial charge < -0.3 is 10.1 Å². The second-order valence-corrected chi connectivity index (χ2v) is 8.30. The van der Waals surface area contributed by atoms with Crippen molar-refractivity contribution in [3.05, 3.63) is 34.0 Å². The normalized spacial score (nSPS) is 22.0. The van der Waals surface area contributed by atoms with Gasteiger partial charge in [-0.25, -0.2) is 4.98 Å². The van der Waals surface area contributed by atoms with Crippen LogP contribution in [0.1, 0.15) is 62.9 Å². The fraction of sp³-hybridized carbons (Fsp3) is 0.667. The topological polar surface area (TPSA) is 52.0 Å². The van der Waals surface area contributed by atoms with Gasteiger partial charge in [0.2, 0.25) is 0 Å². The van der Waals surface area contributed by atoms with E-state index in [9.17, 15) is 0 Å². The molecular formula is C18H28N4OS. The van der Waals surface area contributed by atoms with Crippen molar-refractivity contribution in [2.24, 2.45) is 0 Å². The van der Waals surface area contributed by atoms with Gasteiger partial charge in [0.1, 0.15) is 6.10 Å². The number of rotatable bonds is 5. The van der Waals surface area contributed by atoms with Crippen LogP contribution in [0.4, 0.5) is 0 Å². The van der Waals surface area contributed by atoms with E-state index in [2.05, 4.69) is 49.7 Å². The summed E-state index contributed by atoms with van der Waals surface area (Å²) >= 11 is 1.75. The van der Waals surface area contributed by atoms with E-state index in [1.54, 1.807) is 11.3 Å². The fourth-order valence-electron chi connectivity index (χ4n) is 2.99. The van der Waals surface area contributed by atoms with Crippen molar-refractivity contribution >= 4 is 11.3 Å². The average molecular weight is 349 g/mol. The maximum Gasteiger partial charge on any atom is 0.101 e. The number of aromatic nitrogens is 3. The Bertz CT molecular complexity index is 658. The maximum absolute atomic E-state index is 6.05. The van der Waals surface area contributed by atoms with Crippen LogP contribution >= 0.6 is 11.3 Å². The zero-order chi connectivity index (χ0) is 17.2. The molecule has 3 rings (SSSR count). The lowest BCUT2D eigenvalue weighted by Crippen LogP contribution is -2.39. The molecule has 2 aromatic heterocycles. The Labute approximate surface area is 148 Å². The fourth-order valence-corrected chi connectivity index (χ4v) is 3.89. The molecule has 1 saturated heterocycles. The van der Waals surface area contributed by atoms with E-state index in [-0.39, 0.29) is 11.5 Å². The Morgan fingerprint density at radius 2 is 2.25 bits per heavy atom. The summed E-state index contributed by atoms with van der Waals surface area (Å²) in [6.07, 6.45) is 6.35. The molecule has 0 radical (unpaired) electrons. The summed E-state index contributed by atoms with van der Waals surface area (Å²) in [5.41, 5.74) is 2.41. The van der Waals surface area contributed by atoms with Crippen LogP contribution in [0.15, 0.2) is 17.8 Å². The number of ether oxygens (including phenoxy) is 1. The predicted octanol–water partition coefficient (Wildman–Crippen LogP) is 3.67. The van der Waals surface area contributed by atoms with Crippen LogP contribution in [-0.2, 0) is 23.2 Å². The average Bonchev–Trinajstić information content (AvgIpc) is 3.22. The number of hydrogen-bond donors (Lipinski definition) is 1. The highest BCUT2D eigenvalue weighted by Crippen LogP contribution is 2.29. The van der Waals surface area contributed by atoms with Crippen molar-refractivity contribution in [2.75, 3.05) is 6.61 Å². The molecule has 1 N–H and O–H groups in total. The summed E-state index contributed by atoms with van der Waals surface area (Å²) in [6, 6.07) is 0.313. The van der Waals surface area contributed by atoms with E-state index in [1.807, 2.05) is 10.9 Å². The highest BCUT2D eigenvalue weighted by molar-refractivity contribution is 7.09. The smallest absolute Gasteiger partial charge is 0.101 e. The lowest BCUT2D eigenvalue weighted by Gasteiger charge is -2.31. The first-order valence-corrected chi connectivity index (χ1v) is 9.67. The van der Waals surface area contributed by atoms with Gasteiger partial charge in [-0.05, 0) is 19.8 Å². The summed E-state index contributed by atoms with van der Waals surface area (Å²) < 4.78 is 8.01. The Morgan fingerprint density at radius 1 is 1.42 bits per heavy atom. The van der Waals surface area contributed by atoms with Crippen LogP contribution in [0.25, 0.3) is 0 Å². The molecule has 3 heterocycles. The second-order valence-electron chi connectivity index (χ2n) is 7.44. The molecule has 6 heteroatoms. The third-order valence-electron chi connectivity index (χ3n) is 4.37. The maximum atomic E-state index is 6.05. The zero-order valence-corrected chi connectivity index (χ0v) is 15.9. The van der Waals surface area contributed by atoms with E-state index >= 15 is 0 Å². The van der Waals surface area contributed by atoms with Crippen LogP contribution in [0.3, 0.4) is 0 Å². The van der Waals surface area contributed by atoms with Gasteiger partial charge in [-0.3, -0.25) is 4.68 Å². The first-order chi connectivity index (χ1) is 11.5. The zero-order valence-electron chi connectivity index (χ0n) is 15.1. The summed E-state index contributed by atoms with van der Waals surface area (Å²) in [5, 5.41) is 11.4. The molecule has 0 spiro atoms. The summed E-state index contributed by atoms with van der Waals surface area (Å²) in [6.45, 7) is 11.2. The third kappa shape index (κ3) is 4.05. The number of hydrogen-bond acceptors (Lipinski definition) is 5. The van der Waals surface area contributed by atoms with Crippen molar-refractivity contribution in [1.29, 1.82) is 0 Å². The third-order valence-corrected chi connectivity index (χ3v) is 5.68. The Balaban J connectivity index is 1.65. The lowest BCUT2D eigenvalue weighted by molar-refractivity contribution is -0.0113. The van der Waals surface area contributed by atoms with Crippen molar-refractivity contribution < 1.29 is 4.74 Å². The van der Waals surface area contributed by atoms with Crippen molar-refractivity contribution in [3.63, 3.8) is 0 Å². The molecule has 0 amide bonds. The Kier molecular flexibility index (Phi) is 5.37. The molecule has 0 bridgehead atoms. The molecule has 132 valence electrons. The van der Waals surface area contributed by atoms with Crippen LogP contribution in [0.5, 0.6) is 0 Å². The number of thiazole rings is 1. The molecule has 0 aliphatic carbocycles. The minimum absolute atomic E-state index is 0.0831. The number of aryl methyl sites for hydroxylation is 1. The highest BCUT2D eigenvalue weighted by Gasteiger charge is 2.28. The molecule has 0 unspecified atom stereocenters. The Hall–Kier alpha value is -1.24. The summed E-state index contributed by atoms with van der Waals surface area (Å²) in [7, 11) is 0. The van der Waals surface area contributed by atoms with E-state index in [0.29, 0.717) is 6.04 Å². The Morgan fingerprint density at radius 3 is 2.92 bits per heavy atom. The van der Waals surface area contributed by atoms with Gasteiger partial charge in [0.15, 0.2) is 0 Å². The van der Waals surface area contributed by atoms with E-state index in [0.717, 1.165) is 38.2 Å². The van der Waals surface area contributed by atoms with Crippen LogP contribution < -0.4 is 5.32 Å². The largest absolute Gasteiger partial charge is 0.372 e. The second kappa shape index (κ2) is 7.33. The van der Waals surface area contributed by atoms with Crippen molar-refractivity contribution in [1.82, 2.24) is 20.1 Å². The highest BCUT2D eigenvalue weighted by atomic mass is 32.1. The molecule has 2 aromatic rings. The van der Waals surface area contributed by atoms with Gasteiger partial charge in [0.25, 0.3) is 0 Å². The van der Waals surface area contributed by atoms with E-state index in [4.69, 9.17) is 9.72 Å². The van der Waals surface area contributed by atoms with Crippen LogP contribution in [0, 0.1) is 0 Å². The first kappa shape index (κ1) is 17.6. The minimum atomic E-state index is 0.0831. The lowest BCUT2D eigenvalue weighted by atomic mass is 9.98. The van der Waals surface area contributed by atoms with Gasteiger partial charge in [0, 0.05) is 48.3 Å².